The van der Waals surface area contributed by atoms with E-state index < -0.39 is 5.97 Å². The van der Waals surface area contributed by atoms with Crippen LogP contribution in [0.2, 0.25) is 0 Å². The number of nitrogens with zero attached hydrogens (tertiary/aromatic N) is 1. The van der Waals surface area contributed by atoms with Crippen LogP contribution in [-0.2, 0) is 9.53 Å². The number of aryl methyl sites for hydroxylation is 1. The Morgan fingerprint density at radius 1 is 1.28 bits per heavy atom. The number of amides is 1. The van der Waals surface area contributed by atoms with Gasteiger partial charge >= 0.3 is 5.97 Å². The number of fused-ring (bicyclic) bond motifs is 3. The summed E-state index contributed by atoms with van der Waals surface area (Å²) in [6.07, 6.45) is 3.47. The van der Waals surface area contributed by atoms with Gasteiger partial charge in [0.2, 0.25) is 5.91 Å². The van der Waals surface area contributed by atoms with Gasteiger partial charge in [0.1, 0.15) is 5.69 Å². The lowest BCUT2D eigenvalue weighted by Gasteiger charge is -2.39. The molecule has 2 aromatic rings. The first-order valence-electron chi connectivity index (χ1n) is 10.3. The Morgan fingerprint density at radius 3 is 2.76 bits per heavy atom. The third-order valence-corrected chi connectivity index (χ3v) is 6.48. The van der Waals surface area contributed by atoms with Crippen LogP contribution >= 0.6 is 0 Å². The van der Waals surface area contributed by atoms with E-state index in [0.29, 0.717) is 23.7 Å². The summed E-state index contributed by atoms with van der Waals surface area (Å²) >= 11 is 0. The number of nitrogens with one attached hydrogen (secondary N) is 2. The van der Waals surface area contributed by atoms with Gasteiger partial charge < -0.3 is 15.0 Å². The zero-order chi connectivity index (χ0) is 21.0. The number of aromatic amines is 1. The maximum atomic E-state index is 13.0. The second-order valence-corrected chi connectivity index (χ2v) is 10.1. The van der Waals surface area contributed by atoms with Crippen molar-refractivity contribution in [2.45, 2.75) is 53.0 Å². The highest BCUT2D eigenvalue weighted by atomic mass is 16.5. The molecular weight excluding hydrogens is 366 g/mol. The lowest BCUT2D eigenvalue weighted by molar-refractivity contribution is -0.117. The minimum absolute atomic E-state index is 0.0912. The van der Waals surface area contributed by atoms with Gasteiger partial charge in [-0.1, -0.05) is 32.4 Å². The molecule has 0 radical (unpaired) electrons. The van der Waals surface area contributed by atoms with E-state index in [1.165, 1.54) is 13.5 Å². The molecule has 2 unspecified atom stereocenters. The number of rotatable bonds is 4. The predicted octanol–water partition coefficient (Wildman–Crippen LogP) is 4.10. The summed E-state index contributed by atoms with van der Waals surface area (Å²) in [7, 11) is 1.34. The maximum absolute atomic E-state index is 13.0. The number of anilines is 1. The lowest BCUT2D eigenvalue weighted by atomic mass is 9.65. The van der Waals surface area contributed by atoms with Crippen LogP contribution in [0.1, 0.15) is 56.1 Å². The van der Waals surface area contributed by atoms with Crippen LogP contribution in [0.3, 0.4) is 0 Å². The monoisotopic (exact) mass is 397 g/mol. The largest absolute Gasteiger partial charge is 0.464 e. The van der Waals surface area contributed by atoms with Crippen molar-refractivity contribution in [3.8, 4) is 0 Å². The Hall–Kier alpha value is -2.34. The molecule has 1 aliphatic carbocycles. The molecule has 1 aliphatic heterocycles. The highest BCUT2D eigenvalue weighted by molar-refractivity contribution is 6.11. The number of methoxy groups -OCH3 is 1. The van der Waals surface area contributed by atoms with E-state index in [0.717, 1.165) is 35.9 Å². The molecule has 0 spiro atoms. The SMILES string of the molecule is COC(=O)c1[nH]c2ccc(C)cc2c1NC(=O)CN1CC2(C)CC1CC(C)(C)C2. The number of aromatic nitrogens is 1. The van der Waals surface area contributed by atoms with E-state index in [4.69, 9.17) is 4.74 Å². The molecule has 6 nitrogen and oxygen atoms in total. The topological polar surface area (TPSA) is 74.4 Å². The lowest BCUT2D eigenvalue weighted by Crippen LogP contribution is -2.38. The molecule has 2 N–H and O–H groups in total. The highest BCUT2D eigenvalue weighted by Crippen LogP contribution is 2.52. The van der Waals surface area contributed by atoms with Crippen molar-refractivity contribution in [2.75, 3.05) is 25.5 Å². The minimum Gasteiger partial charge on any atom is -0.464 e. The number of carbonyl (C=O) groups excluding carboxylic acids is 2. The van der Waals surface area contributed by atoms with E-state index in [1.807, 2.05) is 25.1 Å². The standard InChI is InChI=1S/C23H31N3O3/c1-14-6-7-17-16(8-14)19(20(24-17)21(28)29-5)25-18(27)11-26-13-23(4)10-15(26)9-22(2,3)12-23/h6-8,15,24H,9-13H2,1-5H3,(H,25,27). The van der Waals surface area contributed by atoms with Crippen LogP contribution in [-0.4, -0.2) is 48.0 Å². The van der Waals surface area contributed by atoms with Gasteiger partial charge in [0.25, 0.3) is 0 Å². The van der Waals surface area contributed by atoms with Crippen molar-refractivity contribution >= 4 is 28.5 Å². The molecule has 2 atom stereocenters. The number of benzene rings is 1. The third-order valence-electron chi connectivity index (χ3n) is 6.48. The Balaban J connectivity index is 1.57. The first-order chi connectivity index (χ1) is 13.6. The number of carbonyl (C=O) groups is 2. The molecule has 2 bridgehead atoms. The molecule has 1 aromatic heterocycles. The Morgan fingerprint density at radius 2 is 2.03 bits per heavy atom. The molecule has 156 valence electrons. The summed E-state index contributed by atoms with van der Waals surface area (Å²) in [5, 5.41) is 3.83. The summed E-state index contributed by atoms with van der Waals surface area (Å²) < 4.78 is 4.91. The third kappa shape index (κ3) is 3.78. The fraction of sp³-hybridized carbons (Fsp3) is 0.565. The number of hydrogen-bond donors (Lipinski definition) is 2. The van der Waals surface area contributed by atoms with Crippen LogP contribution in [0.15, 0.2) is 18.2 Å². The van der Waals surface area contributed by atoms with E-state index in [2.05, 4.69) is 36.0 Å². The van der Waals surface area contributed by atoms with Crippen molar-refractivity contribution in [2.24, 2.45) is 10.8 Å². The molecule has 2 heterocycles. The first kappa shape index (κ1) is 20.0. The van der Waals surface area contributed by atoms with E-state index in [9.17, 15) is 9.59 Å². The summed E-state index contributed by atoms with van der Waals surface area (Å²) in [5.41, 5.74) is 3.25. The number of H-pyrrole nitrogens is 1. The van der Waals surface area contributed by atoms with Gasteiger partial charge in [0.15, 0.2) is 0 Å². The van der Waals surface area contributed by atoms with Gasteiger partial charge in [0, 0.05) is 23.5 Å². The van der Waals surface area contributed by atoms with Crippen LogP contribution in [0, 0.1) is 17.8 Å². The molecule has 2 aliphatic rings. The van der Waals surface area contributed by atoms with Crippen molar-refractivity contribution in [1.29, 1.82) is 0 Å². The Kier molecular flexibility index (Phi) is 4.73. The number of likely N-dealkylation sites (tertiary alicyclic amines) is 1. The fourth-order valence-electron chi connectivity index (χ4n) is 5.82. The van der Waals surface area contributed by atoms with Crippen molar-refractivity contribution in [3.05, 3.63) is 29.5 Å². The van der Waals surface area contributed by atoms with Crippen molar-refractivity contribution < 1.29 is 14.3 Å². The van der Waals surface area contributed by atoms with E-state index in [1.54, 1.807) is 0 Å². The molecule has 29 heavy (non-hydrogen) atoms. The predicted molar refractivity (Wildman–Crippen MR) is 114 cm³/mol. The average Bonchev–Trinajstić information content (AvgIpc) is 3.07. The average molecular weight is 398 g/mol. The molecular formula is C23H31N3O3. The molecule has 1 saturated carbocycles. The van der Waals surface area contributed by atoms with Gasteiger partial charge in [-0.2, -0.15) is 0 Å². The van der Waals surface area contributed by atoms with Gasteiger partial charge in [-0.05, 0) is 49.1 Å². The number of hydrogen-bond acceptors (Lipinski definition) is 4. The maximum Gasteiger partial charge on any atom is 0.356 e. The Bertz CT molecular complexity index is 977. The quantitative estimate of drug-likeness (QED) is 0.762. The van der Waals surface area contributed by atoms with Gasteiger partial charge in [-0.25, -0.2) is 4.79 Å². The smallest absolute Gasteiger partial charge is 0.356 e. The van der Waals surface area contributed by atoms with Crippen LogP contribution in [0.25, 0.3) is 10.9 Å². The molecule has 6 heteroatoms. The number of ether oxygens (including phenoxy) is 1. The van der Waals surface area contributed by atoms with Gasteiger partial charge in [-0.15, -0.1) is 0 Å². The second kappa shape index (κ2) is 6.87. The zero-order valence-corrected chi connectivity index (χ0v) is 18.0. The fourth-order valence-corrected chi connectivity index (χ4v) is 5.82. The van der Waals surface area contributed by atoms with Crippen LogP contribution < -0.4 is 5.32 Å². The normalized spacial score (nSPS) is 25.9. The molecule has 4 rings (SSSR count). The minimum atomic E-state index is -0.486. The van der Waals surface area contributed by atoms with Gasteiger partial charge in [0.05, 0.1) is 19.3 Å². The van der Waals surface area contributed by atoms with Gasteiger partial charge in [-0.3, -0.25) is 9.69 Å². The zero-order valence-electron chi connectivity index (χ0n) is 18.0. The highest BCUT2D eigenvalue weighted by Gasteiger charge is 2.49. The molecule has 1 saturated heterocycles. The van der Waals surface area contributed by atoms with E-state index >= 15 is 0 Å². The summed E-state index contributed by atoms with van der Waals surface area (Å²) in [6.45, 7) is 10.3. The Labute approximate surface area is 172 Å². The van der Waals surface area contributed by atoms with Crippen molar-refractivity contribution in [3.63, 3.8) is 0 Å². The van der Waals surface area contributed by atoms with Crippen LogP contribution in [0.5, 0.6) is 0 Å². The second-order valence-electron chi connectivity index (χ2n) is 10.1. The van der Waals surface area contributed by atoms with Crippen molar-refractivity contribution in [1.82, 2.24) is 9.88 Å². The first-order valence-corrected chi connectivity index (χ1v) is 10.3. The molecule has 1 amide bonds. The number of esters is 1. The van der Waals surface area contributed by atoms with E-state index in [-0.39, 0.29) is 17.0 Å². The molecule has 2 fully saturated rings. The molecule has 1 aromatic carbocycles. The van der Waals surface area contributed by atoms with Crippen LogP contribution in [0.4, 0.5) is 5.69 Å². The summed E-state index contributed by atoms with van der Waals surface area (Å²) in [6, 6.07) is 6.30. The summed E-state index contributed by atoms with van der Waals surface area (Å²) in [5.74, 6) is -0.577. The summed E-state index contributed by atoms with van der Waals surface area (Å²) in [4.78, 5) is 30.7.